The SMILES string of the molecule is C=C(C)C(=O)OCCOc1ccc(C(C)(CCC(=O)OCCOCCCS(C)(OC(C)(C)C)C(C)(C)C)c2ccc(OCCOC(=O)C(=C)C)cc2)cc1. The van der Waals surface area contributed by atoms with Crippen LogP contribution in [0.15, 0.2) is 72.8 Å². The highest BCUT2D eigenvalue weighted by molar-refractivity contribution is 8.30. The summed E-state index contributed by atoms with van der Waals surface area (Å²) in [6.07, 6.45) is 3.78. The van der Waals surface area contributed by atoms with Gasteiger partial charge in [-0.05, 0) is 89.1 Å². The Kier molecular flexibility index (Phi) is 18.3. The van der Waals surface area contributed by atoms with Gasteiger partial charge in [0.25, 0.3) is 0 Å². The standard InChI is InChI=1S/C43H64O10S/c1-32(2)39(45)51-29-27-48-36-18-14-34(15-19-36)43(11,35-16-20-37(21-17-35)49-28-30-52-40(46)33(3)4)23-22-38(44)50-26-25-47-24-13-31-54(12,42(8,9)10)53-41(5,6)7/h14-21H,1,3,13,22-31H2,2,4-12H3. The Bertz CT molecular complexity index is 1440. The lowest BCUT2D eigenvalue weighted by molar-refractivity contribution is -0.145. The third kappa shape index (κ3) is 15.9. The topological polar surface area (TPSA) is 116 Å². The Balaban J connectivity index is 2.02. The summed E-state index contributed by atoms with van der Waals surface area (Å²) in [5, 5.41) is 0. The van der Waals surface area contributed by atoms with Gasteiger partial charge in [-0.15, -0.1) is 10.3 Å². The van der Waals surface area contributed by atoms with Crippen molar-refractivity contribution in [2.24, 2.45) is 0 Å². The van der Waals surface area contributed by atoms with Crippen molar-refractivity contribution in [1.29, 1.82) is 0 Å². The Morgan fingerprint density at radius 3 is 1.48 bits per heavy atom. The number of benzene rings is 2. The predicted octanol–water partition coefficient (Wildman–Crippen LogP) is 8.68. The van der Waals surface area contributed by atoms with Gasteiger partial charge >= 0.3 is 17.9 Å². The Morgan fingerprint density at radius 2 is 1.07 bits per heavy atom. The highest BCUT2D eigenvalue weighted by Crippen LogP contribution is 2.59. The Hall–Kier alpha value is -3.80. The van der Waals surface area contributed by atoms with Crippen LogP contribution in [0.1, 0.15) is 92.7 Å². The van der Waals surface area contributed by atoms with Crippen molar-refractivity contribution in [3.8, 4) is 11.5 Å². The average Bonchev–Trinajstić information content (AvgIpc) is 3.09. The third-order valence-electron chi connectivity index (χ3n) is 8.72. The van der Waals surface area contributed by atoms with Gasteiger partial charge in [-0.3, -0.25) is 4.79 Å². The highest BCUT2D eigenvalue weighted by atomic mass is 32.3. The van der Waals surface area contributed by atoms with E-state index in [0.717, 1.165) is 23.3 Å². The third-order valence-corrected chi connectivity index (χ3v) is 13.2. The Morgan fingerprint density at radius 1 is 0.630 bits per heavy atom. The molecule has 0 heterocycles. The van der Waals surface area contributed by atoms with Crippen molar-refractivity contribution in [3.63, 3.8) is 0 Å². The first-order valence-electron chi connectivity index (χ1n) is 18.5. The van der Waals surface area contributed by atoms with E-state index in [0.29, 0.717) is 42.3 Å². The van der Waals surface area contributed by atoms with Crippen molar-refractivity contribution in [2.45, 2.75) is 97.3 Å². The molecule has 11 heteroatoms. The molecule has 2 aromatic carbocycles. The summed E-state index contributed by atoms with van der Waals surface area (Å²) in [5.74, 6) is 0.952. The molecule has 10 nitrogen and oxygen atoms in total. The summed E-state index contributed by atoms with van der Waals surface area (Å²) in [5.41, 5.74) is 1.82. The van der Waals surface area contributed by atoms with Crippen LogP contribution in [0.4, 0.5) is 0 Å². The zero-order valence-electron chi connectivity index (χ0n) is 34.3. The molecule has 0 fully saturated rings. The number of esters is 3. The summed E-state index contributed by atoms with van der Waals surface area (Å²) >= 11 is 0. The molecule has 0 saturated heterocycles. The van der Waals surface area contributed by atoms with Gasteiger partial charge in [-0.1, -0.05) is 65.1 Å². The zero-order chi connectivity index (χ0) is 40.6. The second-order valence-electron chi connectivity index (χ2n) is 15.6. The first kappa shape index (κ1) is 46.4. The van der Waals surface area contributed by atoms with E-state index < -0.39 is 27.7 Å². The summed E-state index contributed by atoms with van der Waals surface area (Å²) in [6.45, 7) is 27.1. The number of rotatable bonds is 23. The van der Waals surface area contributed by atoms with E-state index in [1.165, 1.54) is 0 Å². The molecule has 0 aliphatic heterocycles. The molecular formula is C43H64O10S. The number of hydrogen-bond acceptors (Lipinski definition) is 10. The minimum Gasteiger partial charge on any atom is -0.490 e. The van der Waals surface area contributed by atoms with E-state index in [9.17, 15) is 14.4 Å². The van der Waals surface area contributed by atoms with Crippen LogP contribution in [-0.4, -0.2) is 86.5 Å². The molecule has 0 bridgehead atoms. The van der Waals surface area contributed by atoms with Crippen LogP contribution in [0.25, 0.3) is 0 Å². The largest absolute Gasteiger partial charge is 0.490 e. The van der Waals surface area contributed by atoms with Crippen molar-refractivity contribution in [2.75, 3.05) is 58.3 Å². The fourth-order valence-electron chi connectivity index (χ4n) is 5.33. The molecule has 0 aliphatic rings. The molecule has 0 aromatic heterocycles. The number of hydrogen-bond donors (Lipinski definition) is 0. The lowest BCUT2D eigenvalue weighted by atomic mass is 9.73. The number of ether oxygens (including phenoxy) is 6. The van der Waals surface area contributed by atoms with Crippen LogP contribution in [0.3, 0.4) is 0 Å². The van der Waals surface area contributed by atoms with Gasteiger partial charge in [-0.25, -0.2) is 9.59 Å². The second kappa shape index (κ2) is 21.3. The average molecular weight is 773 g/mol. The fourth-order valence-corrected chi connectivity index (χ4v) is 8.05. The summed E-state index contributed by atoms with van der Waals surface area (Å²) in [6, 6.07) is 15.3. The van der Waals surface area contributed by atoms with Crippen molar-refractivity contribution in [1.82, 2.24) is 0 Å². The van der Waals surface area contributed by atoms with E-state index in [1.54, 1.807) is 13.8 Å². The molecule has 2 rings (SSSR count). The number of carbonyl (C=O) groups excluding carboxylic acids is 3. The van der Waals surface area contributed by atoms with Gasteiger partial charge in [0.1, 0.15) is 44.5 Å². The molecule has 2 aromatic rings. The molecule has 0 spiro atoms. The monoisotopic (exact) mass is 772 g/mol. The van der Waals surface area contributed by atoms with Crippen molar-refractivity contribution in [3.05, 3.63) is 84.0 Å². The van der Waals surface area contributed by atoms with Gasteiger partial charge in [0, 0.05) is 40.1 Å². The molecular weight excluding hydrogens is 709 g/mol. The maximum Gasteiger partial charge on any atom is 0.333 e. The highest BCUT2D eigenvalue weighted by Gasteiger charge is 2.36. The van der Waals surface area contributed by atoms with Gasteiger partial charge < -0.3 is 32.6 Å². The van der Waals surface area contributed by atoms with E-state index >= 15 is 0 Å². The maximum absolute atomic E-state index is 13.0. The summed E-state index contributed by atoms with van der Waals surface area (Å²) < 4.78 is 39.8. The maximum atomic E-state index is 13.0. The Labute approximate surface area is 325 Å². The summed E-state index contributed by atoms with van der Waals surface area (Å²) in [7, 11) is -1.33. The lowest BCUT2D eigenvalue weighted by Crippen LogP contribution is -2.34. The van der Waals surface area contributed by atoms with Crippen LogP contribution in [0.5, 0.6) is 11.5 Å². The smallest absolute Gasteiger partial charge is 0.333 e. The molecule has 0 saturated carbocycles. The van der Waals surface area contributed by atoms with Crippen LogP contribution < -0.4 is 9.47 Å². The minimum atomic E-state index is -1.33. The zero-order valence-corrected chi connectivity index (χ0v) is 35.1. The first-order valence-corrected chi connectivity index (χ1v) is 20.6. The van der Waals surface area contributed by atoms with Gasteiger partial charge in [-0.2, -0.15) is 0 Å². The lowest BCUT2D eigenvalue weighted by Gasteiger charge is -2.50. The molecule has 1 unspecified atom stereocenters. The number of carbonyl (C=O) groups is 3. The van der Waals surface area contributed by atoms with Gasteiger partial charge in [0.2, 0.25) is 0 Å². The second-order valence-corrected chi connectivity index (χ2v) is 19.4. The molecule has 0 aliphatic carbocycles. The fraction of sp³-hybridized carbons (Fsp3) is 0.558. The van der Waals surface area contributed by atoms with Gasteiger partial charge in [0.05, 0.1) is 12.2 Å². The van der Waals surface area contributed by atoms with E-state index in [4.69, 9.17) is 32.6 Å². The van der Waals surface area contributed by atoms with E-state index in [-0.39, 0.29) is 55.8 Å². The molecule has 0 N–H and O–H groups in total. The quantitative estimate of drug-likeness (QED) is 0.0470. The first-order chi connectivity index (χ1) is 25.2. The van der Waals surface area contributed by atoms with E-state index in [2.05, 4.69) is 67.9 Å². The van der Waals surface area contributed by atoms with Crippen LogP contribution in [-0.2, 0) is 42.9 Å². The molecule has 54 heavy (non-hydrogen) atoms. The molecule has 0 amide bonds. The van der Waals surface area contributed by atoms with Crippen LogP contribution in [0.2, 0.25) is 0 Å². The summed E-state index contributed by atoms with van der Waals surface area (Å²) in [4.78, 5) is 36.3. The predicted molar refractivity (Wildman–Crippen MR) is 216 cm³/mol. The molecule has 0 radical (unpaired) electrons. The van der Waals surface area contributed by atoms with Crippen molar-refractivity contribution < 1.29 is 47.0 Å². The molecule has 302 valence electrons. The van der Waals surface area contributed by atoms with Crippen LogP contribution in [0, 0.1) is 0 Å². The van der Waals surface area contributed by atoms with Crippen molar-refractivity contribution >= 4 is 28.2 Å². The molecule has 1 atom stereocenters. The van der Waals surface area contributed by atoms with Crippen LogP contribution >= 0.6 is 10.3 Å². The minimum absolute atomic E-state index is 0.0429. The van der Waals surface area contributed by atoms with E-state index in [1.807, 2.05) is 48.5 Å². The van der Waals surface area contributed by atoms with Gasteiger partial charge in [0.15, 0.2) is 0 Å². The normalized spacial score (nSPS) is 13.6.